The van der Waals surface area contributed by atoms with Gasteiger partial charge in [-0.15, -0.1) is 0 Å². The quantitative estimate of drug-likeness (QED) is 0.226. The van der Waals surface area contributed by atoms with Crippen LogP contribution in [0.15, 0.2) is 109 Å². The molecule has 1 atom stereocenters. The third-order valence-corrected chi connectivity index (χ3v) is 7.99. The van der Waals surface area contributed by atoms with E-state index in [0.29, 0.717) is 35.1 Å². The van der Waals surface area contributed by atoms with E-state index in [4.69, 9.17) is 0 Å². The van der Waals surface area contributed by atoms with Crippen LogP contribution < -0.4 is 5.32 Å². The van der Waals surface area contributed by atoms with Crippen molar-refractivity contribution >= 4 is 5.91 Å². The number of hydrogen-bond acceptors (Lipinski definition) is 2. The molecule has 1 aliphatic rings. The topological polar surface area (TPSA) is 32.3 Å². The standard InChI is InChI=1S/C35H35F3N2O/c36-35(37,38)30-19-17-29(18-20-30)32-15-7-8-16-33(32)34(41)39-24-26-10-9-22-40(25-26)23-21-31(27-11-3-1-4-12-27)28-13-5-2-6-14-28/h1-8,11-20,26,31H,9-10,21-25H2,(H,39,41). The van der Waals surface area contributed by atoms with E-state index in [-0.39, 0.29) is 5.91 Å². The van der Waals surface area contributed by atoms with Crippen LogP contribution >= 0.6 is 0 Å². The number of nitrogens with zero attached hydrogens (tertiary/aromatic N) is 1. The molecular weight excluding hydrogens is 521 g/mol. The van der Waals surface area contributed by atoms with Gasteiger partial charge in [-0.25, -0.2) is 0 Å². The second kappa shape index (κ2) is 13.2. The molecule has 0 bridgehead atoms. The summed E-state index contributed by atoms with van der Waals surface area (Å²) < 4.78 is 39.0. The molecule has 0 radical (unpaired) electrons. The molecule has 4 aromatic carbocycles. The van der Waals surface area contributed by atoms with E-state index in [1.807, 2.05) is 0 Å². The Morgan fingerprint density at radius 2 is 1.44 bits per heavy atom. The van der Waals surface area contributed by atoms with E-state index >= 15 is 0 Å². The molecule has 1 aliphatic heterocycles. The number of nitrogens with one attached hydrogen (secondary N) is 1. The van der Waals surface area contributed by atoms with Crippen LogP contribution in [0.4, 0.5) is 13.2 Å². The first-order valence-corrected chi connectivity index (χ1v) is 14.3. The molecule has 0 aromatic heterocycles. The first kappa shape index (κ1) is 28.6. The van der Waals surface area contributed by atoms with E-state index in [2.05, 4.69) is 70.9 Å². The minimum atomic E-state index is -4.40. The van der Waals surface area contributed by atoms with Gasteiger partial charge in [-0.05, 0) is 78.7 Å². The fourth-order valence-electron chi connectivity index (χ4n) is 5.83. The Morgan fingerprint density at radius 3 is 2.07 bits per heavy atom. The molecule has 1 amide bonds. The number of alkyl halides is 3. The van der Waals surface area contributed by atoms with E-state index in [9.17, 15) is 18.0 Å². The van der Waals surface area contributed by atoms with Crippen LogP contribution in [0.5, 0.6) is 0 Å². The third-order valence-electron chi connectivity index (χ3n) is 7.99. The van der Waals surface area contributed by atoms with Gasteiger partial charge in [-0.3, -0.25) is 4.79 Å². The summed E-state index contributed by atoms with van der Waals surface area (Å²) in [7, 11) is 0. The summed E-state index contributed by atoms with van der Waals surface area (Å²) in [5.41, 5.74) is 3.62. The Hall–Kier alpha value is -3.90. The highest BCUT2D eigenvalue weighted by Gasteiger charge is 2.30. The molecule has 1 saturated heterocycles. The minimum absolute atomic E-state index is 0.203. The van der Waals surface area contributed by atoms with Crippen LogP contribution in [0.2, 0.25) is 0 Å². The summed E-state index contributed by atoms with van der Waals surface area (Å²) in [6, 6.07) is 33.3. The van der Waals surface area contributed by atoms with Gasteiger partial charge in [-0.1, -0.05) is 91.0 Å². The molecule has 1 heterocycles. The van der Waals surface area contributed by atoms with Crippen LogP contribution in [0.3, 0.4) is 0 Å². The number of halogens is 3. The number of carbonyl (C=O) groups is 1. The molecule has 1 fully saturated rings. The summed E-state index contributed by atoms with van der Waals surface area (Å²) in [5.74, 6) is 0.475. The molecule has 4 aromatic rings. The second-order valence-electron chi connectivity index (χ2n) is 10.8. The molecule has 0 saturated carbocycles. The zero-order valence-corrected chi connectivity index (χ0v) is 23.0. The van der Waals surface area contributed by atoms with Gasteiger partial charge < -0.3 is 10.2 Å². The van der Waals surface area contributed by atoms with E-state index in [0.717, 1.165) is 51.0 Å². The molecule has 1 N–H and O–H groups in total. The molecule has 41 heavy (non-hydrogen) atoms. The highest BCUT2D eigenvalue weighted by atomic mass is 19.4. The van der Waals surface area contributed by atoms with Gasteiger partial charge in [0.15, 0.2) is 0 Å². The lowest BCUT2D eigenvalue weighted by atomic mass is 9.88. The lowest BCUT2D eigenvalue weighted by molar-refractivity contribution is -0.137. The van der Waals surface area contributed by atoms with Gasteiger partial charge in [0, 0.05) is 24.6 Å². The Labute approximate surface area is 240 Å². The lowest BCUT2D eigenvalue weighted by Crippen LogP contribution is -2.41. The van der Waals surface area contributed by atoms with Crippen LogP contribution in [-0.2, 0) is 6.18 Å². The van der Waals surface area contributed by atoms with Crippen molar-refractivity contribution in [1.29, 1.82) is 0 Å². The molecule has 0 aliphatic carbocycles. The largest absolute Gasteiger partial charge is 0.416 e. The smallest absolute Gasteiger partial charge is 0.352 e. The fraction of sp³-hybridized carbons (Fsp3) is 0.286. The van der Waals surface area contributed by atoms with Gasteiger partial charge in [0.1, 0.15) is 0 Å². The molecule has 0 spiro atoms. The Kier molecular flexibility index (Phi) is 9.20. The number of hydrogen-bond donors (Lipinski definition) is 1. The lowest BCUT2D eigenvalue weighted by Gasteiger charge is -2.34. The van der Waals surface area contributed by atoms with Crippen molar-refractivity contribution in [2.75, 3.05) is 26.2 Å². The van der Waals surface area contributed by atoms with E-state index in [1.165, 1.54) is 23.3 Å². The first-order chi connectivity index (χ1) is 19.9. The van der Waals surface area contributed by atoms with Gasteiger partial charge in [0.2, 0.25) is 0 Å². The maximum absolute atomic E-state index is 13.2. The number of amides is 1. The fourth-order valence-corrected chi connectivity index (χ4v) is 5.83. The Bertz CT molecular complexity index is 1370. The molecular formula is C35H35F3N2O. The number of likely N-dealkylation sites (tertiary alicyclic amines) is 1. The summed E-state index contributed by atoms with van der Waals surface area (Å²) in [6.07, 6.45) is -1.23. The minimum Gasteiger partial charge on any atom is -0.352 e. The van der Waals surface area contributed by atoms with Crippen molar-refractivity contribution in [3.63, 3.8) is 0 Å². The molecule has 6 heteroatoms. The van der Waals surface area contributed by atoms with Crippen molar-refractivity contribution in [1.82, 2.24) is 10.2 Å². The average Bonchev–Trinajstić information content (AvgIpc) is 3.01. The third kappa shape index (κ3) is 7.44. The van der Waals surface area contributed by atoms with Gasteiger partial charge in [-0.2, -0.15) is 13.2 Å². The predicted molar refractivity (Wildman–Crippen MR) is 158 cm³/mol. The number of rotatable bonds is 9. The molecule has 1 unspecified atom stereocenters. The van der Waals surface area contributed by atoms with Crippen molar-refractivity contribution in [2.45, 2.75) is 31.4 Å². The number of benzene rings is 4. The second-order valence-corrected chi connectivity index (χ2v) is 10.8. The van der Waals surface area contributed by atoms with Crippen molar-refractivity contribution in [2.24, 2.45) is 5.92 Å². The van der Waals surface area contributed by atoms with E-state index in [1.54, 1.807) is 24.3 Å². The van der Waals surface area contributed by atoms with Crippen molar-refractivity contribution in [3.8, 4) is 11.1 Å². The van der Waals surface area contributed by atoms with Crippen LogP contribution in [-0.4, -0.2) is 37.0 Å². The van der Waals surface area contributed by atoms with Crippen LogP contribution in [0.1, 0.15) is 52.2 Å². The summed E-state index contributed by atoms with van der Waals surface area (Å²) in [4.78, 5) is 15.7. The van der Waals surface area contributed by atoms with Gasteiger partial charge >= 0.3 is 6.18 Å². The molecule has 3 nitrogen and oxygen atoms in total. The summed E-state index contributed by atoms with van der Waals surface area (Å²) in [6.45, 7) is 3.53. The van der Waals surface area contributed by atoms with Gasteiger partial charge in [0.25, 0.3) is 5.91 Å². The van der Waals surface area contributed by atoms with Crippen molar-refractivity contribution in [3.05, 3.63) is 131 Å². The maximum atomic E-state index is 13.2. The Morgan fingerprint density at radius 1 is 0.829 bits per heavy atom. The van der Waals surface area contributed by atoms with Crippen LogP contribution in [0, 0.1) is 5.92 Å². The van der Waals surface area contributed by atoms with Crippen LogP contribution in [0.25, 0.3) is 11.1 Å². The van der Waals surface area contributed by atoms with Crippen molar-refractivity contribution < 1.29 is 18.0 Å². The summed E-state index contributed by atoms with van der Waals surface area (Å²) in [5, 5.41) is 3.11. The zero-order valence-electron chi connectivity index (χ0n) is 23.0. The van der Waals surface area contributed by atoms with E-state index < -0.39 is 11.7 Å². The maximum Gasteiger partial charge on any atom is 0.416 e. The number of piperidine rings is 1. The first-order valence-electron chi connectivity index (χ1n) is 14.3. The summed E-state index contributed by atoms with van der Waals surface area (Å²) >= 11 is 0. The average molecular weight is 557 g/mol. The Balaban J connectivity index is 1.19. The predicted octanol–water partition coefficient (Wildman–Crippen LogP) is 8.04. The zero-order chi connectivity index (χ0) is 28.7. The highest BCUT2D eigenvalue weighted by molar-refractivity contribution is 6.00. The highest BCUT2D eigenvalue weighted by Crippen LogP contribution is 2.32. The van der Waals surface area contributed by atoms with Gasteiger partial charge in [0.05, 0.1) is 5.56 Å². The molecule has 212 valence electrons. The molecule has 5 rings (SSSR count). The number of carbonyl (C=O) groups excluding carboxylic acids is 1. The SMILES string of the molecule is O=C(NCC1CCCN(CCC(c2ccccc2)c2ccccc2)C1)c1ccccc1-c1ccc(C(F)(F)F)cc1. The monoisotopic (exact) mass is 556 g/mol. The normalized spacial score (nSPS) is 16.0.